The summed E-state index contributed by atoms with van der Waals surface area (Å²) in [6, 6.07) is 1.61. The van der Waals surface area contributed by atoms with Gasteiger partial charge in [-0.05, 0) is 39.2 Å². The average Bonchev–Trinajstić information content (AvgIpc) is 3.62. The van der Waals surface area contributed by atoms with Crippen LogP contribution in [0.3, 0.4) is 0 Å². The van der Waals surface area contributed by atoms with Crippen molar-refractivity contribution in [3.63, 3.8) is 0 Å². The maximum Gasteiger partial charge on any atom is 0.341 e. The van der Waals surface area contributed by atoms with Crippen molar-refractivity contribution in [2.24, 2.45) is 34.0 Å². The second-order valence-corrected chi connectivity index (χ2v) is 19.6. The van der Waals surface area contributed by atoms with Crippen molar-refractivity contribution in [2.45, 2.75) is 165 Å². The average molecular weight is 831 g/mol. The van der Waals surface area contributed by atoms with E-state index in [1.807, 2.05) is 6.92 Å². The summed E-state index contributed by atoms with van der Waals surface area (Å²) < 4.78 is 63.6. The number of methoxy groups -OCH3 is 1. The molecule has 1 aromatic rings. The maximum atomic E-state index is 14.7. The molecule has 0 radical (unpaired) electrons. The van der Waals surface area contributed by atoms with E-state index in [4.69, 9.17) is 47.0 Å². The number of epoxide rings is 1. The molecule has 2 N–H and O–H groups in total. The summed E-state index contributed by atoms with van der Waals surface area (Å²) in [4.78, 5) is 71.8. The van der Waals surface area contributed by atoms with Crippen LogP contribution in [0.5, 0.6) is 0 Å². The van der Waals surface area contributed by atoms with Crippen LogP contribution in [0.2, 0.25) is 0 Å². The van der Waals surface area contributed by atoms with Crippen molar-refractivity contribution in [3.05, 3.63) is 24.2 Å². The second kappa shape index (κ2) is 11.6. The Labute approximate surface area is 340 Å². The van der Waals surface area contributed by atoms with Crippen molar-refractivity contribution in [1.29, 1.82) is 0 Å². The molecule has 4 saturated carbocycles. The predicted molar refractivity (Wildman–Crippen MR) is 194 cm³/mol. The van der Waals surface area contributed by atoms with Crippen molar-refractivity contribution in [1.82, 2.24) is 0 Å². The first-order valence-corrected chi connectivity index (χ1v) is 20.5. The summed E-state index contributed by atoms with van der Waals surface area (Å²) in [5.41, 5.74) is -18.6. The molecule has 2 spiro atoms. The van der Waals surface area contributed by atoms with Crippen LogP contribution in [0.15, 0.2) is 23.0 Å². The maximum absolute atomic E-state index is 14.7. The standard InChI is InChI=1S/C42H54O17/c1-12-20(4)28(45)52-23-15-34(7)26(22-13-14-51-17-22)53-24(43)16-39(34)42-31(54-27(44)19(2)3)40(49)30(55-32(47)35(8)21(5)56-35)33(6)18-38(40,48)36(9,25(33)29(46)50-11)41(23,42)58-37(10,57-39)59-42/h13-14,17,19-21,23,25-26,30-31,48-49H,12,15-16,18H2,1-11H3/t20?,21?,23?,25-,26-,30-,31+,33+,34-,35?,36+,37?,38-,39?,40-,41?,42?/m0/s1. The Kier molecular flexibility index (Phi) is 8.05. The van der Waals surface area contributed by atoms with Crippen LogP contribution in [-0.4, -0.2) is 111 Å². The second-order valence-electron chi connectivity index (χ2n) is 19.6. The monoisotopic (exact) mass is 830 g/mol. The van der Waals surface area contributed by atoms with Crippen LogP contribution >= 0.6 is 0 Å². The minimum Gasteiger partial charge on any atom is -0.472 e. The number of carbonyl (C=O) groups excluding carboxylic acids is 5. The topological polar surface area (TPSA) is 225 Å². The molecule has 5 heterocycles. The quantitative estimate of drug-likeness (QED) is 0.207. The summed E-state index contributed by atoms with van der Waals surface area (Å²) in [5, 5.41) is 28.0. The molecular formula is C42H54O17. The normalized spacial score (nSPS) is 52.3. The first kappa shape index (κ1) is 40.8. The number of carbonyl (C=O) groups is 5. The van der Waals surface area contributed by atoms with Crippen molar-refractivity contribution < 1.29 is 81.2 Å². The number of hydrogen-bond acceptors (Lipinski definition) is 17. The molecule has 17 heteroatoms. The molecule has 9 rings (SSSR count). The highest BCUT2D eigenvalue weighted by molar-refractivity contribution is 5.84. The van der Waals surface area contributed by atoms with Gasteiger partial charge in [0.25, 0.3) is 5.97 Å². The zero-order valence-corrected chi connectivity index (χ0v) is 35.2. The van der Waals surface area contributed by atoms with Gasteiger partial charge in [0.15, 0.2) is 28.5 Å². The molecule has 4 aliphatic carbocycles. The molecule has 0 aromatic carbocycles. The predicted octanol–water partition coefficient (Wildman–Crippen LogP) is 2.95. The van der Waals surface area contributed by atoms with Gasteiger partial charge in [-0.15, -0.1) is 0 Å². The summed E-state index contributed by atoms with van der Waals surface area (Å²) in [6.07, 6.45) is -5.22. The highest BCUT2D eigenvalue weighted by Crippen LogP contribution is 2.89. The van der Waals surface area contributed by atoms with Gasteiger partial charge in [0.05, 0.1) is 49.9 Å². The molecule has 4 saturated heterocycles. The zero-order valence-electron chi connectivity index (χ0n) is 35.2. The number of esters is 5. The molecule has 17 nitrogen and oxygen atoms in total. The Morgan fingerprint density at radius 3 is 2.17 bits per heavy atom. The summed E-state index contributed by atoms with van der Waals surface area (Å²) in [6.45, 7) is 16.1. The van der Waals surface area contributed by atoms with E-state index in [2.05, 4.69) is 0 Å². The van der Waals surface area contributed by atoms with Crippen LogP contribution in [0, 0.1) is 34.0 Å². The van der Waals surface area contributed by atoms with E-state index >= 15 is 0 Å². The van der Waals surface area contributed by atoms with Gasteiger partial charge in [-0.3, -0.25) is 19.2 Å². The Balaban J connectivity index is 1.42. The van der Waals surface area contributed by atoms with E-state index < -0.39 is 147 Å². The number of fused-ring (bicyclic) bond motifs is 2. The lowest BCUT2D eigenvalue weighted by molar-refractivity contribution is -0.478. The highest BCUT2D eigenvalue weighted by atomic mass is 17.0. The smallest absolute Gasteiger partial charge is 0.341 e. The molecule has 8 fully saturated rings. The lowest BCUT2D eigenvalue weighted by Gasteiger charge is -2.78. The van der Waals surface area contributed by atoms with Gasteiger partial charge in [0, 0.05) is 28.7 Å². The molecule has 59 heavy (non-hydrogen) atoms. The minimum absolute atomic E-state index is 0.189. The molecule has 17 atom stereocenters. The molecule has 4 bridgehead atoms. The van der Waals surface area contributed by atoms with Crippen molar-refractivity contribution >= 4 is 29.8 Å². The number of rotatable bonds is 9. The van der Waals surface area contributed by atoms with E-state index in [0.29, 0.717) is 12.0 Å². The molecule has 0 amide bonds. The fourth-order valence-corrected chi connectivity index (χ4v) is 13.5. The molecule has 324 valence electrons. The van der Waals surface area contributed by atoms with Gasteiger partial charge < -0.3 is 57.3 Å². The van der Waals surface area contributed by atoms with Gasteiger partial charge in [0.1, 0.15) is 29.5 Å². The zero-order chi connectivity index (χ0) is 43.1. The molecule has 8 aliphatic rings. The summed E-state index contributed by atoms with van der Waals surface area (Å²) in [7, 11) is 1.16. The van der Waals surface area contributed by atoms with E-state index in [9.17, 15) is 34.2 Å². The van der Waals surface area contributed by atoms with Crippen LogP contribution in [-0.2, 0) is 66.6 Å². The van der Waals surface area contributed by atoms with Crippen LogP contribution in [0.1, 0.15) is 107 Å². The number of cyclic esters (lactones) is 1. The van der Waals surface area contributed by atoms with Gasteiger partial charge >= 0.3 is 29.8 Å². The van der Waals surface area contributed by atoms with Crippen LogP contribution < -0.4 is 0 Å². The summed E-state index contributed by atoms with van der Waals surface area (Å²) >= 11 is 0. The minimum atomic E-state index is -2.86. The van der Waals surface area contributed by atoms with E-state index in [1.165, 1.54) is 33.3 Å². The third kappa shape index (κ3) is 4.12. The molecule has 4 aliphatic heterocycles. The Hall–Kier alpha value is -3.61. The first-order chi connectivity index (χ1) is 27.3. The van der Waals surface area contributed by atoms with E-state index in [0.717, 1.165) is 7.11 Å². The Morgan fingerprint density at radius 2 is 1.59 bits per heavy atom. The van der Waals surface area contributed by atoms with Gasteiger partial charge in [-0.2, -0.15) is 0 Å². The lowest BCUT2D eigenvalue weighted by atomic mass is 9.32. The van der Waals surface area contributed by atoms with Gasteiger partial charge in [-0.25, -0.2) is 4.79 Å². The van der Waals surface area contributed by atoms with Crippen LogP contribution in [0.4, 0.5) is 0 Å². The number of ether oxygens (including phenoxy) is 9. The fraction of sp³-hybridized carbons (Fsp3) is 0.786. The Morgan fingerprint density at radius 1 is 0.932 bits per heavy atom. The number of furan rings is 1. The highest BCUT2D eigenvalue weighted by Gasteiger charge is 3.07. The van der Waals surface area contributed by atoms with E-state index in [-0.39, 0.29) is 6.42 Å². The van der Waals surface area contributed by atoms with Gasteiger partial charge in [-0.1, -0.05) is 48.5 Å². The third-order valence-corrected chi connectivity index (χ3v) is 16.4. The summed E-state index contributed by atoms with van der Waals surface area (Å²) in [5.74, 6) is -9.26. The van der Waals surface area contributed by atoms with Crippen LogP contribution in [0.25, 0.3) is 0 Å². The van der Waals surface area contributed by atoms with Crippen molar-refractivity contribution in [2.75, 3.05) is 7.11 Å². The number of aliphatic hydroxyl groups is 2. The van der Waals surface area contributed by atoms with Crippen molar-refractivity contribution in [3.8, 4) is 0 Å². The SMILES string of the molecule is CCC(C)C(=O)OC1C[C@@]2(C)[C@H](c3ccoc3)OC(=O)CC23OC2(C)OC34[C@H](OC(=O)C(C)C)[C@@]3(O)[C@@H](OC(=O)C5(C)OC5C)[C@]5(C)C[C@]3(O)[C@@](C)([C@H]5C(=O)OC)C14O2. The fourth-order valence-electron chi connectivity index (χ4n) is 13.5. The first-order valence-electron chi connectivity index (χ1n) is 20.5. The Bertz CT molecular complexity index is 2050. The van der Waals surface area contributed by atoms with Gasteiger partial charge in [0.2, 0.25) is 0 Å². The third-order valence-electron chi connectivity index (χ3n) is 16.4. The number of hydrogen-bond donors (Lipinski definition) is 2. The molecule has 1 aromatic heterocycles. The molecule has 8 unspecified atom stereocenters. The lowest BCUT2D eigenvalue weighted by Crippen LogP contribution is -2.99. The van der Waals surface area contributed by atoms with E-state index in [1.54, 1.807) is 47.6 Å². The largest absolute Gasteiger partial charge is 0.472 e. The molecular weight excluding hydrogens is 776 g/mol.